The predicted octanol–water partition coefficient (Wildman–Crippen LogP) is 2.87. The maximum absolute atomic E-state index is 12.8. The molecule has 2 N–H and O–H groups in total. The quantitative estimate of drug-likeness (QED) is 0.869. The van der Waals surface area contributed by atoms with Crippen molar-refractivity contribution in [3.8, 4) is 6.07 Å². The average molecular weight is 349 g/mol. The van der Waals surface area contributed by atoms with Crippen LogP contribution in [0.3, 0.4) is 0 Å². The summed E-state index contributed by atoms with van der Waals surface area (Å²) in [6.07, 6.45) is 2.16. The van der Waals surface area contributed by atoms with Gasteiger partial charge in [-0.05, 0) is 24.3 Å². The molecular weight excluding hydrogens is 326 g/mol. The number of nitrogens with zero attached hydrogens (tertiary/aromatic N) is 3. The number of hydrogen-bond donors (Lipinski definition) is 2. The third kappa shape index (κ3) is 3.35. The monoisotopic (exact) mass is 349 g/mol. The smallest absolute Gasteiger partial charge is 0.230 e. The van der Waals surface area contributed by atoms with E-state index in [1.54, 1.807) is 0 Å². The number of likely N-dealkylation sites (tertiary alicyclic amines) is 1. The number of carbonyl (C=O) groups is 1. The van der Waals surface area contributed by atoms with E-state index in [0.717, 1.165) is 38.2 Å². The molecule has 6 heteroatoms. The molecule has 1 saturated carbocycles. The largest absolute Gasteiger partial charge is 0.308 e. The van der Waals surface area contributed by atoms with Crippen LogP contribution in [0.5, 0.6) is 0 Å². The highest BCUT2D eigenvalue weighted by Crippen LogP contribution is 2.41. The first-order chi connectivity index (χ1) is 12.7. The van der Waals surface area contributed by atoms with Gasteiger partial charge in [0.15, 0.2) is 5.82 Å². The number of hydrogen-bond acceptors (Lipinski definition) is 4. The number of nitrogens with one attached hydrogen (secondary N) is 2. The normalized spacial score (nSPS) is 22.9. The van der Waals surface area contributed by atoms with E-state index in [1.807, 2.05) is 18.2 Å². The van der Waals surface area contributed by atoms with Crippen LogP contribution >= 0.6 is 0 Å². The molecule has 2 atom stereocenters. The summed E-state index contributed by atoms with van der Waals surface area (Å²) in [7, 11) is 0. The van der Waals surface area contributed by atoms with Crippen molar-refractivity contribution in [2.24, 2.45) is 11.8 Å². The number of aromatic nitrogens is 2. The zero-order valence-electron chi connectivity index (χ0n) is 14.9. The van der Waals surface area contributed by atoms with Gasteiger partial charge in [-0.25, -0.2) is 0 Å². The lowest BCUT2D eigenvalue weighted by Crippen LogP contribution is -2.29. The summed E-state index contributed by atoms with van der Waals surface area (Å²) >= 11 is 0. The van der Waals surface area contributed by atoms with Crippen LogP contribution in [-0.4, -0.2) is 34.1 Å². The molecule has 2 fully saturated rings. The minimum atomic E-state index is -0.0914. The van der Waals surface area contributed by atoms with Crippen molar-refractivity contribution in [1.82, 2.24) is 15.1 Å². The summed E-state index contributed by atoms with van der Waals surface area (Å²) in [4.78, 5) is 15.1. The van der Waals surface area contributed by atoms with Crippen LogP contribution in [-0.2, 0) is 11.3 Å². The topological polar surface area (TPSA) is 84.8 Å². The van der Waals surface area contributed by atoms with Crippen molar-refractivity contribution < 1.29 is 4.79 Å². The van der Waals surface area contributed by atoms with E-state index in [1.165, 1.54) is 5.56 Å². The number of anilines is 1. The molecular formula is C20H23N5O. The maximum atomic E-state index is 12.8. The molecule has 1 aromatic heterocycles. The van der Waals surface area contributed by atoms with Crippen LogP contribution in [0.25, 0.3) is 0 Å². The Bertz CT molecular complexity index is 834. The first-order valence-electron chi connectivity index (χ1n) is 9.21. The molecule has 134 valence electrons. The molecule has 1 saturated heterocycles. The van der Waals surface area contributed by atoms with Crippen LogP contribution in [0.2, 0.25) is 0 Å². The first-order valence-corrected chi connectivity index (χ1v) is 9.21. The van der Waals surface area contributed by atoms with Crippen molar-refractivity contribution in [1.29, 1.82) is 5.26 Å². The van der Waals surface area contributed by atoms with E-state index >= 15 is 0 Å². The Morgan fingerprint density at radius 1 is 1.35 bits per heavy atom. The predicted molar refractivity (Wildman–Crippen MR) is 98.3 cm³/mol. The van der Waals surface area contributed by atoms with Gasteiger partial charge in [-0.1, -0.05) is 37.3 Å². The lowest BCUT2D eigenvalue weighted by atomic mass is 9.97. The fourth-order valence-corrected chi connectivity index (χ4v) is 3.82. The van der Waals surface area contributed by atoms with E-state index < -0.39 is 0 Å². The lowest BCUT2D eigenvalue weighted by molar-refractivity contribution is -0.120. The highest BCUT2D eigenvalue weighted by atomic mass is 16.2. The number of aromatic amines is 1. The van der Waals surface area contributed by atoms with Gasteiger partial charge in [0.25, 0.3) is 0 Å². The fraction of sp³-hybridized carbons (Fsp3) is 0.450. The Morgan fingerprint density at radius 2 is 2.12 bits per heavy atom. The molecule has 0 bridgehead atoms. The Labute approximate surface area is 153 Å². The average Bonchev–Trinajstić information content (AvgIpc) is 3.31. The molecule has 1 aliphatic heterocycles. The molecule has 2 aliphatic rings. The molecule has 0 unspecified atom stereocenters. The van der Waals surface area contributed by atoms with Gasteiger partial charge in [0.1, 0.15) is 11.6 Å². The second kappa shape index (κ2) is 6.93. The van der Waals surface area contributed by atoms with E-state index in [2.05, 4.69) is 45.5 Å². The second-order valence-corrected chi connectivity index (χ2v) is 7.50. The van der Waals surface area contributed by atoms with Crippen LogP contribution in [0, 0.1) is 23.2 Å². The van der Waals surface area contributed by atoms with Gasteiger partial charge in [0.05, 0.1) is 11.6 Å². The summed E-state index contributed by atoms with van der Waals surface area (Å²) in [6, 6.07) is 12.5. The standard InChI is InChI=1S/C20H23N5O/c1-13-10-25(11-14-5-3-2-4-6-14)12-17(13)20(26)22-19-16(9-21)18(23-24-19)15-7-8-15/h2-6,13,15,17H,7-8,10-12H2,1H3,(H2,22,23,24,26)/t13-,17-/m1/s1. The minimum Gasteiger partial charge on any atom is -0.308 e. The van der Waals surface area contributed by atoms with Crippen molar-refractivity contribution in [2.45, 2.75) is 32.2 Å². The minimum absolute atomic E-state index is 0.0431. The SMILES string of the molecule is C[C@@H]1CN(Cc2ccccc2)C[C@H]1C(=O)Nc1n[nH]c(C2CC2)c1C#N. The van der Waals surface area contributed by atoms with Gasteiger partial charge in [-0.3, -0.25) is 14.8 Å². The van der Waals surface area contributed by atoms with E-state index in [-0.39, 0.29) is 17.7 Å². The van der Waals surface area contributed by atoms with Gasteiger partial charge < -0.3 is 5.32 Å². The van der Waals surface area contributed by atoms with Crippen molar-refractivity contribution >= 4 is 11.7 Å². The van der Waals surface area contributed by atoms with Gasteiger partial charge in [0, 0.05) is 25.6 Å². The summed E-state index contributed by atoms with van der Waals surface area (Å²) in [5, 5.41) is 19.4. The van der Waals surface area contributed by atoms with Gasteiger partial charge in [-0.2, -0.15) is 10.4 Å². The van der Waals surface area contributed by atoms with Crippen molar-refractivity contribution in [2.75, 3.05) is 18.4 Å². The van der Waals surface area contributed by atoms with Crippen molar-refractivity contribution in [3.63, 3.8) is 0 Å². The number of benzene rings is 1. The molecule has 2 heterocycles. The van der Waals surface area contributed by atoms with E-state index in [0.29, 0.717) is 17.3 Å². The van der Waals surface area contributed by atoms with E-state index in [4.69, 9.17) is 0 Å². The number of H-pyrrole nitrogens is 1. The summed E-state index contributed by atoms with van der Waals surface area (Å²) in [6.45, 7) is 4.59. The molecule has 4 rings (SSSR count). The van der Waals surface area contributed by atoms with Crippen molar-refractivity contribution in [3.05, 3.63) is 47.2 Å². The maximum Gasteiger partial charge on any atom is 0.230 e. The third-order valence-corrected chi connectivity index (χ3v) is 5.41. The molecule has 0 spiro atoms. The number of rotatable bonds is 5. The Hall–Kier alpha value is -2.65. The summed E-state index contributed by atoms with van der Waals surface area (Å²) < 4.78 is 0. The van der Waals surface area contributed by atoms with Gasteiger partial charge in [-0.15, -0.1) is 0 Å². The molecule has 1 aromatic carbocycles. The van der Waals surface area contributed by atoms with Gasteiger partial charge >= 0.3 is 0 Å². The highest BCUT2D eigenvalue weighted by molar-refractivity contribution is 5.93. The third-order valence-electron chi connectivity index (χ3n) is 5.41. The summed E-state index contributed by atoms with van der Waals surface area (Å²) in [5.41, 5.74) is 2.62. The zero-order chi connectivity index (χ0) is 18.1. The highest BCUT2D eigenvalue weighted by Gasteiger charge is 2.36. The van der Waals surface area contributed by atoms with Crippen LogP contribution < -0.4 is 5.32 Å². The first kappa shape index (κ1) is 16.8. The molecule has 6 nitrogen and oxygen atoms in total. The molecule has 1 amide bonds. The van der Waals surface area contributed by atoms with Crippen LogP contribution in [0.4, 0.5) is 5.82 Å². The molecule has 1 aliphatic carbocycles. The Morgan fingerprint density at radius 3 is 2.81 bits per heavy atom. The molecule has 2 aromatic rings. The van der Waals surface area contributed by atoms with Crippen LogP contribution in [0.1, 0.15) is 42.5 Å². The number of amides is 1. The lowest BCUT2D eigenvalue weighted by Gasteiger charge is -2.15. The van der Waals surface area contributed by atoms with Gasteiger partial charge in [0.2, 0.25) is 5.91 Å². The molecule has 0 radical (unpaired) electrons. The fourth-order valence-electron chi connectivity index (χ4n) is 3.82. The van der Waals surface area contributed by atoms with E-state index in [9.17, 15) is 10.1 Å². The Kier molecular flexibility index (Phi) is 4.48. The Balaban J connectivity index is 1.41. The molecule has 26 heavy (non-hydrogen) atoms. The number of carbonyl (C=O) groups excluding carboxylic acids is 1. The van der Waals surface area contributed by atoms with Crippen LogP contribution in [0.15, 0.2) is 30.3 Å². The second-order valence-electron chi connectivity index (χ2n) is 7.50. The zero-order valence-corrected chi connectivity index (χ0v) is 14.9. The summed E-state index contributed by atoms with van der Waals surface area (Å²) in [5.74, 6) is 0.915. The number of nitriles is 1.